The molecule has 5 N–H and O–H groups in total. The highest BCUT2D eigenvalue weighted by Crippen LogP contribution is 2.16. The largest absolute Gasteiger partial charge is 0.493 e. The second kappa shape index (κ2) is 9.42. The van der Waals surface area contributed by atoms with Gasteiger partial charge < -0.3 is 15.8 Å². The van der Waals surface area contributed by atoms with Crippen molar-refractivity contribution in [3.05, 3.63) is 24.3 Å². The second-order valence-electron chi connectivity index (χ2n) is 6.24. The third-order valence-corrected chi connectivity index (χ3v) is 5.86. The van der Waals surface area contributed by atoms with Gasteiger partial charge in [-0.2, -0.15) is 0 Å². The van der Waals surface area contributed by atoms with Crippen molar-refractivity contribution in [2.75, 3.05) is 24.7 Å². The van der Waals surface area contributed by atoms with E-state index >= 15 is 0 Å². The van der Waals surface area contributed by atoms with Crippen LogP contribution in [-0.2, 0) is 14.8 Å². The van der Waals surface area contributed by atoms with Gasteiger partial charge in [-0.3, -0.25) is 4.79 Å². The first-order valence-electron chi connectivity index (χ1n) is 7.93. The molecule has 0 saturated carbocycles. The van der Waals surface area contributed by atoms with Crippen molar-refractivity contribution in [1.29, 1.82) is 0 Å². The molecule has 1 aromatic carbocycles. The molecule has 0 radical (unpaired) electrons. The van der Waals surface area contributed by atoms with Crippen LogP contribution < -0.4 is 20.9 Å². The quantitative estimate of drug-likeness (QED) is 0.511. The molecule has 1 amide bonds. The number of amides is 1. The zero-order chi connectivity index (χ0) is 19.1. The maximum atomic E-state index is 12.0. The first kappa shape index (κ1) is 21.8. The lowest BCUT2D eigenvalue weighted by Gasteiger charge is -2.33. The number of hydrogen-bond donors (Lipinski definition) is 3. The SMILES string of the molecule is CC(C)C(C)(CN)NC(=O)CSCCOc1ccc(S(N)(=O)=O)cc1. The molecule has 0 spiro atoms. The van der Waals surface area contributed by atoms with Gasteiger partial charge in [0.25, 0.3) is 0 Å². The Morgan fingerprint density at radius 3 is 2.40 bits per heavy atom. The Morgan fingerprint density at radius 2 is 1.92 bits per heavy atom. The molecule has 0 bridgehead atoms. The average molecular weight is 390 g/mol. The van der Waals surface area contributed by atoms with Crippen molar-refractivity contribution >= 4 is 27.7 Å². The van der Waals surface area contributed by atoms with Gasteiger partial charge in [-0.25, -0.2) is 13.6 Å². The number of nitrogens with two attached hydrogens (primary N) is 2. The minimum absolute atomic E-state index is 0.0407. The van der Waals surface area contributed by atoms with Crippen LogP contribution in [0.5, 0.6) is 5.75 Å². The average Bonchev–Trinajstić information content (AvgIpc) is 2.53. The van der Waals surface area contributed by atoms with Crippen molar-refractivity contribution in [3.63, 3.8) is 0 Å². The Bertz CT molecular complexity index is 662. The van der Waals surface area contributed by atoms with E-state index in [9.17, 15) is 13.2 Å². The Labute approximate surface area is 153 Å². The molecule has 7 nitrogen and oxygen atoms in total. The molecule has 1 rings (SSSR count). The number of carbonyl (C=O) groups is 1. The molecular weight excluding hydrogens is 362 g/mol. The number of hydrogen-bond acceptors (Lipinski definition) is 6. The molecule has 0 fully saturated rings. The smallest absolute Gasteiger partial charge is 0.238 e. The molecule has 1 aromatic rings. The summed E-state index contributed by atoms with van der Waals surface area (Å²) in [6.45, 7) is 6.78. The van der Waals surface area contributed by atoms with E-state index in [4.69, 9.17) is 15.6 Å². The highest BCUT2D eigenvalue weighted by atomic mass is 32.2. The summed E-state index contributed by atoms with van der Waals surface area (Å²) >= 11 is 1.46. The summed E-state index contributed by atoms with van der Waals surface area (Å²) in [6, 6.07) is 5.88. The summed E-state index contributed by atoms with van der Waals surface area (Å²) in [7, 11) is -3.69. The Hall–Kier alpha value is -1.29. The van der Waals surface area contributed by atoms with Crippen molar-refractivity contribution in [3.8, 4) is 5.75 Å². The van der Waals surface area contributed by atoms with Crippen molar-refractivity contribution < 1.29 is 17.9 Å². The van der Waals surface area contributed by atoms with E-state index in [0.29, 0.717) is 30.4 Å². The number of primary sulfonamides is 1. The minimum atomic E-state index is -3.69. The third kappa shape index (κ3) is 7.23. The predicted molar refractivity (Wildman–Crippen MR) is 101 cm³/mol. The van der Waals surface area contributed by atoms with Gasteiger partial charge in [0.1, 0.15) is 5.75 Å². The van der Waals surface area contributed by atoms with Crippen LogP contribution in [0.3, 0.4) is 0 Å². The maximum Gasteiger partial charge on any atom is 0.238 e. The molecule has 0 aliphatic rings. The van der Waals surface area contributed by atoms with Gasteiger partial charge in [0, 0.05) is 12.3 Å². The Balaban J connectivity index is 2.31. The lowest BCUT2D eigenvalue weighted by atomic mass is 9.88. The zero-order valence-corrected chi connectivity index (χ0v) is 16.5. The number of rotatable bonds is 10. The van der Waals surface area contributed by atoms with Crippen LogP contribution in [0.25, 0.3) is 0 Å². The molecular formula is C16H27N3O4S2. The molecule has 0 aromatic heterocycles. The summed E-state index contributed by atoms with van der Waals surface area (Å²) in [6.07, 6.45) is 0. The molecule has 1 atom stereocenters. The highest BCUT2D eigenvalue weighted by molar-refractivity contribution is 7.99. The fourth-order valence-corrected chi connectivity index (χ4v) is 3.01. The fraction of sp³-hybridized carbons (Fsp3) is 0.562. The monoisotopic (exact) mass is 389 g/mol. The van der Waals surface area contributed by atoms with Crippen LogP contribution in [0, 0.1) is 5.92 Å². The first-order valence-corrected chi connectivity index (χ1v) is 10.6. The zero-order valence-electron chi connectivity index (χ0n) is 14.8. The third-order valence-electron chi connectivity index (χ3n) is 4.01. The van der Waals surface area contributed by atoms with Gasteiger partial charge in [0.15, 0.2) is 0 Å². The van der Waals surface area contributed by atoms with Gasteiger partial charge >= 0.3 is 0 Å². The summed E-state index contributed by atoms with van der Waals surface area (Å²) in [5, 5.41) is 8.01. The molecule has 142 valence electrons. The van der Waals surface area contributed by atoms with E-state index < -0.39 is 15.6 Å². The first-order chi connectivity index (χ1) is 11.6. The van der Waals surface area contributed by atoms with Crippen LogP contribution in [-0.4, -0.2) is 44.5 Å². The number of ether oxygens (including phenoxy) is 1. The molecule has 1 unspecified atom stereocenters. The van der Waals surface area contributed by atoms with E-state index in [2.05, 4.69) is 5.32 Å². The summed E-state index contributed by atoms with van der Waals surface area (Å²) in [5.74, 6) is 1.70. The predicted octanol–water partition coefficient (Wildman–Crippen LogP) is 0.936. The number of carbonyl (C=O) groups excluding carboxylic acids is 1. The van der Waals surface area contributed by atoms with E-state index in [1.54, 1.807) is 12.1 Å². The van der Waals surface area contributed by atoms with Gasteiger partial charge in [-0.15, -0.1) is 11.8 Å². The number of benzene rings is 1. The standard InChI is InChI=1S/C16H27N3O4S2/c1-12(2)16(3,11-17)19-15(20)10-24-9-8-23-13-4-6-14(7-5-13)25(18,21)22/h4-7,12H,8-11,17H2,1-3H3,(H,19,20)(H2,18,21,22). The van der Waals surface area contributed by atoms with Crippen molar-refractivity contribution in [2.45, 2.75) is 31.2 Å². The number of sulfonamides is 1. The van der Waals surface area contributed by atoms with Gasteiger partial charge in [0.2, 0.25) is 15.9 Å². The Kier molecular flexibility index (Phi) is 8.20. The van der Waals surface area contributed by atoms with E-state index in [1.807, 2.05) is 20.8 Å². The molecule has 0 aliphatic heterocycles. The number of thioether (sulfide) groups is 1. The van der Waals surface area contributed by atoms with Gasteiger partial charge in [-0.05, 0) is 37.1 Å². The molecule has 0 saturated heterocycles. The van der Waals surface area contributed by atoms with Gasteiger partial charge in [0.05, 0.1) is 22.8 Å². The van der Waals surface area contributed by atoms with Crippen LogP contribution in [0.4, 0.5) is 0 Å². The lowest BCUT2D eigenvalue weighted by Crippen LogP contribution is -2.55. The topological polar surface area (TPSA) is 125 Å². The summed E-state index contributed by atoms with van der Waals surface area (Å²) in [4.78, 5) is 12.0. The van der Waals surface area contributed by atoms with Crippen molar-refractivity contribution in [1.82, 2.24) is 5.32 Å². The number of nitrogens with one attached hydrogen (secondary N) is 1. The van der Waals surface area contributed by atoms with Crippen LogP contribution >= 0.6 is 11.8 Å². The molecule has 0 heterocycles. The van der Waals surface area contributed by atoms with E-state index in [0.717, 1.165) is 0 Å². The van der Waals surface area contributed by atoms with Crippen LogP contribution in [0.2, 0.25) is 0 Å². The van der Waals surface area contributed by atoms with Crippen LogP contribution in [0.1, 0.15) is 20.8 Å². The fourth-order valence-electron chi connectivity index (χ4n) is 1.89. The van der Waals surface area contributed by atoms with E-state index in [1.165, 1.54) is 23.9 Å². The minimum Gasteiger partial charge on any atom is -0.493 e. The highest BCUT2D eigenvalue weighted by Gasteiger charge is 2.28. The van der Waals surface area contributed by atoms with Gasteiger partial charge in [-0.1, -0.05) is 13.8 Å². The summed E-state index contributed by atoms with van der Waals surface area (Å²) < 4.78 is 27.8. The molecule has 25 heavy (non-hydrogen) atoms. The normalized spacial score (nSPS) is 14.2. The van der Waals surface area contributed by atoms with Crippen molar-refractivity contribution in [2.24, 2.45) is 16.8 Å². The maximum absolute atomic E-state index is 12.0. The molecule has 9 heteroatoms. The molecule has 0 aliphatic carbocycles. The summed E-state index contributed by atoms with van der Waals surface area (Å²) in [5.41, 5.74) is 5.34. The van der Waals surface area contributed by atoms with Crippen LogP contribution in [0.15, 0.2) is 29.2 Å². The second-order valence-corrected chi connectivity index (χ2v) is 8.91. The van der Waals surface area contributed by atoms with E-state index in [-0.39, 0.29) is 16.7 Å². The Morgan fingerprint density at radius 1 is 1.32 bits per heavy atom. The lowest BCUT2D eigenvalue weighted by molar-refractivity contribution is -0.120.